The highest BCUT2D eigenvalue weighted by Crippen LogP contribution is 2.17. The van der Waals surface area contributed by atoms with Crippen molar-refractivity contribution in [3.8, 4) is 0 Å². The van der Waals surface area contributed by atoms with Gasteiger partial charge in [0.15, 0.2) is 0 Å². The lowest BCUT2D eigenvalue weighted by molar-refractivity contribution is 0.223. The standard InChI is InChI=1S/C8H11NO/c1-7(9-2)8-4-3-5-10-6-8/h6-7H,3-5H2,1H3. The summed E-state index contributed by atoms with van der Waals surface area (Å²) in [6.07, 6.45) is 3.83. The van der Waals surface area contributed by atoms with Gasteiger partial charge in [0.2, 0.25) is 6.04 Å². The molecule has 1 unspecified atom stereocenters. The molecule has 0 aromatic rings. The fourth-order valence-electron chi connectivity index (χ4n) is 0.975. The van der Waals surface area contributed by atoms with Gasteiger partial charge in [0.25, 0.3) is 0 Å². The third-order valence-corrected chi connectivity index (χ3v) is 1.69. The second kappa shape index (κ2) is 3.26. The third-order valence-electron chi connectivity index (χ3n) is 1.69. The van der Waals surface area contributed by atoms with Crippen molar-refractivity contribution in [2.24, 2.45) is 0 Å². The Balaban J connectivity index is 2.55. The van der Waals surface area contributed by atoms with Crippen molar-refractivity contribution in [3.63, 3.8) is 0 Å². The van der Waals surface area contributed by atoms with Gasteiger partial charge in [-0.3, -0.25) is 0 Å². The predicted octanol–water partition coefficient (Wildman–Crippen LogP) is 1.99. The van der Waals surface area contributed by atoms with Crippen LogP contribution in [0.2, 0.25) is 0 Å². The van der Waals surface area contributed by atoms with Crippen LogP contribution < -0.4 is 0 Å². The molecule has 0 spiro atoms. The molecule has 0 radical (unpaired) electrons. The van der Waals surface area contributed by atoms with Crippen LogP contribution in [0.5, 0.6) is 0 Å². The first-order chi connectivity index (χ1) is 4.84. The summed E-state index contributed by atoms with van der Waals surface area (Å²) in [5.41, 5.74) is 1.14. The molecule has 0 amide bonds. The van der Waals surface area contributed by atoms with E-state index in [1.165, 1.54) is 0 Å². The molecule has 10 heavy (non-hydrogen) atoms. The molecule has 1 aliphatic rings. The van der Waals surface area contributed by atoms with Gasteiger partial charge in [0.1, 0.15) is 0 Å². The van der Waals surface area contributed by atoms with Crippen molar-refractivity contribution in [1.29, 1.82) is 0 Å². The zero-order chi connectivity index (χ0) is 7.40. The van der Waals surface area contributed by atoms with E-state index >= 15 is 0 Å². The van der Waals surface area contributed by atoms with Crippen LogP contribution in [0, 0.1) is 6.57 Å². The zero-order valence-corrected chi connectivity index (χ0v) is 6.13. The van der Waals surface area contributed by atoms with E-state index < -0.39 is 0 Å². The van der Waals surface area contributed by atoms with Gasteiger partial charge in [-0.05, 0) is 12.8 Å². The monoisotopic (exact) mass is 137 g/mol. The first-order valence-corrected chi connectivity index (χ1v) is 3.51. The average Bonchev–Trinajstić information content (AvgIpc) is 2.05. The van der Waals surface area contributed by atoms with Crippen LogP contribution in [0.25, 0.3) is 4.85 Å². The largest absolute Gasteiger partial charge is 0.501 e. The molecule has 0 N–H and O–H groups in total. The van der Waals surface area contributed by atoms with Crippen molar-refractivity contribution >= 4 is 0 Å². The Morgan fingerprint density at radius 3 is 3.10 bits per heavy atom. The summed E-state index contributed by atoms with van der Waals surface area (Å²) in [6.45, 7) is 9.50. The molecule has 0 aromatic heterocycles. The maximum absolute atomic E-state index is 6.77. The summed E-state index contributed by atoms with van der Waals surface area (Å²) in [5.74, 6) is 0. The summed E-state index contributed by atoms with van der Waals surface area (Å²) >= 11 is 0. The zero-order valence-electron chi connectivity index (χ0n) is 6.13. The normalized spacial score (nSPS) is 20.2. The average molecular weight is 137 g/mol. The number of nitrogens with zero attached hydrogens (tertiary/aromatic N) is 1. The number of hydrogen-bond acceptors (Lipinski definition) is 1. The molecule has 0 saturated carbocycles. The van der Waals surface area contributed by atoms with Crippen LogP contribution in [-0.2, 0) is 4.74 Å². The van der Waals surface area contributed by atoms with Crippen molar-refractivity contribution in [2.45, 2.75) is 25.8 Å². The molecule has 2 heteroatoms. The Hall–Kier alpha value is -0.970. The number of ether oxygens (including phenoxy) is 1. The van der Waals surface area contributed by atoms with Gasteiger partial charge in [0, 0.05) is 12.5 Å². The van der Waals surface area contributed by atoms with Gasteiger partial charge in [-0.2, -0.15) is 0 Å². The summed E-state index contributed by atoms with van der Waals surface area (Å²) in [6, 6.07) is 0.0142. The Kier molecular flexibility index (Phi) is 2.33. The van der Waals surface area contributed by atoms with Crippen LogP contribution >= 0.6 is 0 Å². The summed E-state index contributed by atoms with van der Waals surface area (Å²) < 4.78 is 5.10. The molecule has 0 aliphatic carbocycles. The van der Waals surface area contributed by atoms with E-state index in [0.717, 1.165) is 25.0 Å². The third kappa shape index (κ3) is 1.51. The van der Waals surface area contributed by atoms with Crippen molar-refractivity contribution in [2.75, 3.05) is 6.61 Å². The van der Waals surface area contributed by atoms with Gasteiger partial charge in [0.05, 0.1) is 12.9 Å². The van der Waals surface area contributed by atoms with Crippen molar-refractivity contribution in [3.05, 3.63) is 23.3 Å². The molecular formula is C8H11NO. The Labute approximate surface area is 61.3 Å². The van der Waals surface area contributed by atoms with Crippen molar-refractivity contribution in [1.82, 2.24) is 0 Å². The Morgan fingerprint density at radius 1 is 1.80 bits per heavy atom. The predicted molar refractivity (Wildman–Crippen MR) is 39.3 cm³/mol. The SMILES string of the molecule is [C-]#[N+]C(C)C1=COCCC1. The lowest BCUT2D eigenvalue weighted by Gasteiger charge is -2.11. The lowest BCUT2D eigenvalue weighted by Crippen LogP contribution is -2.07. The highest BCUT2D eigenvalue weighted by molar-refractivity contribution is 5.12. The second-order valence-corrected chi connectivity index (χ2v) is 2.47. The fourth-order valence-corrected chi connectivity index (χ4v) is 0.975. The van der Waals surface area contributed by atoms with Gasteiger partial charge in [-0.15, -0.1) is 0 Å². The van der Waals surface area contributed by atoms with E-state index in [2.05, 4.69) is 4.85 Å². The topological polar surface area (TPSA) is 13.6 Å². The molecule has 1 atom stereocenters. The Morgan fingerprint density at radius 2 is 2.60 bits per heavy atom. The molecule has 1 aliphatic heterocycles. The van der Waals surface area contributed by atoms with Crippen LogP contribution in [0.15, 0.2) is 11.8 Å². The van der Waals surface area contributed by atoms with E-state index in [-0.39, 0.29) is 6.04 Å². The van der Waals surface area contributed by atoms with E-state index in [1.807, 2.05) is 6.92 Å². The maximum atomic E-state index is 6.77. The summed E-state index contributed by atoms with van der Waals surface area (Å²) in [5, 5.41) is 0. The molecule has 54 valence electrons. The van der Waals surface area contributed by atoms with Crippen molar-refractivity contribution < 1.29 is 4.74 Å². The highest BCUT2D eigenvalue weighted by Gasteiger charge is 2.14. The fraction of sp³-hybridized carbons (Fsp3) is 0.625. The molecule has 2 nitrogen and oxygen atoms in total. The second-order valence-electron chi connectivity index (χ2n) is 2.47. The highest BCUT2D eigenvalue weighted by atomic mass is 16.5. The lowest BCUT2D eigenvalue weighted by atomic mass is 10.0. The van der Waals surface area contributed by atoms with Crippen LogP contribution in [0.3, 0.4) is 0 Å². The molecule has 0 bridgehead atoms. The summed E-state index contributed by atoms with van der Waals surface area (Å²) in [7, 11) is 0. The van der Waals surface area contributed by atoms with Gasteiger partial charge >= 0.3 is 0 Å². The number of rotatable bonds is 1. The molecule has 0 saturated heterocycles. The Bertz CT molecular complexity index is 178. The molecular weight excluding hydrogens is 126 g/mol. The molecule has 0 aromatic carbocycles. The summed E-state index contributed by atoms with van der Waals surface area (Å²) in [4.78, 5) is 3.41. The smallest absolute Gasteiger partial charge is 0.245 e. The molecule has 0 fully saturated rings. The first-order valence-electron chi connectivity index (χ1n) is 3.51. The van der Waals surface area contributed by atoms with Crippen LogP contribution in [0.4, 0.5) is 0 Å². The van der Waals surface area contributed by atoms with E-state index in [0.29, 0.717) is 0 Å². The molecule has 1 rings (SSSR count). The quantitative estimate of drug-likeness (QED) is 0.504. The van der Waals surface area contributed by atoms with Gasteiger partial charge in [-0.1, -0.05) is 0 Å². The van der Waals surface area contributed by atoms with Crippen LogP contribution in [0.1, 0.15) is 19.8 Å². The van der Waals surface area contributed by atoms with E-state index in [4.69, 9.17) is 11.3 Å². The maximum Gasteiger partial charge on any atom is 0.245 e. The van der Waals surface area contributed by atoms with Gasteiger partial charge < -0.3 is 9.58 Å². The minimum absolute atomic E-state index is 0.0142. The van der Waals surface area contributed by atoms with E-state index in [1.54, 1.807) is 6.26 Å². The minimum atomic E-state index is 0.0142. The van der Waals surface area contributed by atoms with E-state index in [9.17, 15) is 0 Å². The minimum Gasteiger partial charge on any atom is -0.501 e. The van der Waals surface area contributed by atoms with Crippen LogP contribution in [-0.4, -0.2) is 12.6 Å². The number of hydrogen-bond donors (Lipinski definition) is 0. The first kappa shape index (κ1) is 7.14. The van der Waals surface area contributed by atoms with Gasteiger partial charge in [-0.25, -0.2) is 6.57 Å². The molecule has 1 heterocycles.